The molecule has 0 bridgehead atoms. The largest absolute Gasteiger partial charge is 0.390 e. The fourth-order valence-electron chi connectivity index (χ4n) is 4.60. The maximum atomic E-state index is 11.8. The van der Waals surface area contributed by atoms with E-state index >= 15 is 0 Å². The van der Waals surface area contributed by atoms with Gasteiger partial charge in [0.2, 0.25) is 11.9 Å². The van der Waals surface area contributed by atoms with E-state index in [2.05, 4.69) is 20.6 Å². The standard InChI is InChI=1S/C24H31N7O4S/c1-10(35-3)9-27-24-28-11(2)16(22(31-24)29-14-8-13(21(25)34)19(32)20(14)33)23-30-18-15(36-23)6-7-26-17(18)12-4-5-12/h6-7,10,12-14,19-20,32-33H,4-5,8-9H2,1-3H3,(H2,25,34)(H2,27,28,29,31)/t10-,13+,14-,19-,20+/m1/s1. The van der Waals surface area contributed by atoms with Gasteiger partial charge in [0.25, 0.3) is 0 Å². The zero-order valence-electron chi connectivity index (χ0n) is 20.4. The smallest absolute Gasteiger partial charge is 0.224 e. The molecule has 5 atom stereocenters. The first-order valence-electron chi connectivity index (χ1n) is 12.1. The number of anilines is 2. The minimum Gasteiger partial charge on any atom is -0.390 e. The lowest BCUT2D eigenvalue weighted by atomic mass is 10.1. The summed E-state index contributed by atoms with van der Waals surface area (Å²) < 4.78 is 6.35. The van der Waals surface area contributed by atoms with Crippen molar-refractivity contribution >= 4 is 39.2 Å². The second-order valence-corrected chi connectivity index (χ2v) is 10.6. The molecule has 3 heterocycles. The number of carbonyl (C=O) groups is 1. The summed E-state index contributed by atoms with van der Waals surface area (Å²) in [5.74, 6) is -0.195. The predicted octanol–water partition coefficient (Wildman–Crippen LogP) is 1.79. The van der Waals surface area contributed by atoms with Crippen molar-refractivity contribution in [1.82, 2.24) is 19.9 Å². The number of aromatic nitrogens is 4. The zero-order chi connectivity index (χ0) is 25.6. The number of aliphatic hydroxyl groups excluding tert-OH is 2. The fraction of sp³-hybridized carbons (Fsp3) is 0.542. The first-order chi connectivity index (χ1) is 17.3. The number of aryl methyl sites for hydroxylation is 1. The number of hydrogen-bond acceptors (Lipinski definition) is 11. The predicted molar refractivity (Wildman–Crippen MR) is 137 cm³/mol. The number of methoxy groups -OCH3 is 1. The topological polar surface area (TPSA) is 168 Å². The summed E-state index contributed by atoms with van der Waals surface area (Å²) in [6.07, 6.45) is 1.77. The highest BCUT2D eigenvalue weighted by Crippen LogP contribution is 2.44. The van der Waals surface area contributed by atoms with Crippen LogP contribution in [-0.4, -0.2) is 74.1 Å². The van der Waals surface area contributed by atoms with Gasteiger partial charge in [0.15, 0.2) is 0 Å². The number of fused-ring (bicyclic) bond motifs is 1. The van der Waals surface area contributed by atoms with E-state index in [1.54, 1.807) is 7.11 Å². The number of carbonyl (C=O) groups excluding carboxylic acids is 1. The molecule has 3 aromatic heterocycles. The Morgan fingerprint density at radius 2 is 2.06 bits per heavy atom. The third kappa shape index (κ3) is 4.73. The molecule has 36 heavy (non-hydrogen) atoms. The van der Waals surface area contributed by atoms with Crippen LogP contribution in [0.5, 0.6) is 0 Å². The Hall–Kier alpha value is -2.93. The number of amides is 1. The summed E-state index contributed by atoms with van der Waals surface area (Å²) in [7, 11) is 1.63. The molecule has 3 aromatic rings. The van der Waals surface area contributed by atoms with Crippen molar-refractivity contribution in [1.29, 1.82) is 0 Å². The number of primary amides is 1. The maximum Gasteiger partial charge on any atom is 0.224 e. The lowest BCUT2D eigenvalue weighted by Gasteiger charge is -2.21. The molecule has 11 nitrogen and oxygen atoms in total. The summed E-state index contributed by atoms with van der Waals surface area (Å²) in [4.78, 5) is 30.7. The lowest BCUT2D eigenvalue weighted by Crippen LogP contribution is -2.37. The monoisotopic (exact) mass is 513 g/mol. The highest BCUT2D eigenvalue weighted by atomic mass is 32.1. The van der Waals surface area contributed by atoms with Gasteiger partial charge in [-0.1, -0.05) is 0 Å². The van der Waals surface area contributed by atoms with Gasteiger partial charge in [-0.2, -0.15) is 4.98 Å². The van der Waals surface area contributed by atoms with E-state index in [9.17, 15) is 15.0 Å². The number of nitrogens with zero attached hydrogens (tertiary/aromatic N) is 4. The Morgan fingerprint density at radius 1 is 1.28 bits per heavy atom. The highest BCUT2D eigenvalue weighted by molar-refractivity contribution is 7.21. The van der Waals surface area contributed by atoms with Gasteiger partial charge in [0.05, 0.1) is 45.8 Å². The van der Waals surface area contributed by atoms with E-state index in [1.807, 2.05) is 26.1 Å². The van der Waals surface area contributed by atoms with E-state index in [0.29, 0.717) is 35.5 Å². The first kappa shape index (κ1) is 24.8. The number of rotatable bonds is 9. The van der Waals surface area contributed by atoms with Gasteiger partial charge < -0.3 is 31.3 Å². The average molecular weight is 514 g/mol. The van der Waals surface area contributed by atoms with Gasteiger partial charge >= 0.3 is 0 Å². The van der Waals surface area contributed by atoms with Crippen LogP contribution in [0.4, 0.5) is 11.8 Å². The van der Waals surface area contributed by atoms with Crippen molar-refractivity contribution in [2.45, 2.75) is 63.4 Å². The quantitative estimate of drug-likeness (QED) is 0.284. The summed E-state index contributed by atoms with van der Waals surface area (Å²) in [6, 6.07) is 1.33. The van der Waals surface area contributed by atoms with Crippen LogP contribution < -0.4 is 16.4 Å². The molecule has 1 amide bonds. The van der Waals surface area contributed by atoms with Gasteiger partial charge in [-0.15, -0.1) is 11.3 Å². The molecule has 2 fully saturated rings. The molecular weight excluding hydrogens is 482 g/mol. The number of nitrogens with one attached hydrogen (secondary N) is 2. The van der Waals surface area contributed by atoms with Gasteiger partial charge in [-0.05, 0) is 39.2 Å². The Balaban J connectivity index is 1.55. The summed E-state index contributed by atoms with van der Waals surface area (Å²) >= 11 is 1.53. The number of nitrogens with two attached hydrogens (primary N) is 1. The van der Waals surface area contributed by atoms with Gasteiger partial charge in [0.1, 0.15) is 22.4 Å². The van der Waals surface area contributed by atoms with Crippen LogP contribution in [0, 0.1) is 12.8 Å². The maximum absolute atomic E-state index is 11.8. The number of pyridine rings is 1. The molecule has 6 N–H and O–H groups in total. The normalized spacial score (nSPS) is 24.7. The highest BCUT2D eigenvalue weighted by Gasteiger charge is 2.44. The van der Waals surface area contributed by atoms with E-state index in [1.165, 1.54) is 11.3 Å². The summed E-state index contributed by atoms with van der Waals surface area (Å²) in [6.45, 7) is 4.31. The molecule has 2 aliphatic carbocycles. The third-order valence-electron chi connectivity index (χ3n) is 6.92. The SMILES string of the molecule is CO[C@H](C)CNc1nc(C)c(-c2nc3c(C4CC4)nccc3s2)c(N[C@@H]2C[C@H](C(N)=O)[C@@H](O)[C@H]2O)n1. The molecule has 0 radical (unpaired) electrons. The Labute approximate surface area is 212 Å². The average Bonchev–Trinajstić information content (AvgIpc) is 3.54. The summed E-state index contributed by atoms with van der Waals surface area (Å²) in [5, 5.41) is 28.2. The molecule has 0 aliphatic heterocycles. The first-order valence-corrected chi connectivity index (χ1v) is 12.9. The molecule has 2 aliphatic rings. The number of thiazole rings is 1. The fourth-order valence-corrected chi connectivity index (χ4v) is 5.67. The van der Waals surface area contributed by atoms with Crippen molar-refractivity contribution in [3.63, 3.8) is 0 Å². The lowest BCUT2D eigenvalue weighted by molar-refractivity contribution is -0.125. The minimum atomic E-state index is -1.25. The van der Waals surface area contributed by atoms with Crippen LogP contribution in [0.1, 0.15) is 43.5 Å². The van der Waals surface area contributed by atoms with Crippen molar-refractivity contribution in [2.75, 3.05) is 24.3 Å². The van der Waals surface area contributed by atoms with E-state index in [-0.39, 0.29) is 12.5 Å². The minimum absolute atomic E-state index is 0.0503. The molecule has 12 heteroatoms. The van der Waals surface area contributed by atoms with Gasteiger partial charge in [-0.25, -0.2) is 9.97 Å². The van der Waals surface area contributed by atoms with E-state index < -0.39 is 30.1 Å². The molecule has 2 saturated carbocycles. The van der Waals surface area contributed by atoms with Crippen molar-refractivity contribution in [3.05, 3.63) is 23.7 Å². The molecule has 192 valence electrons. The Morgan fingerprint density at radius 3 is 2.72 bits per heavy atom. The second-order valence-electron chi connectivity index (χ2n) is 9.60. The third-order valence-corrected chi connectivity index (χ3v) is 7.96. The van der Waals surface area contributed by atoms with Crippen LogP contribution in [0.3, 0.4) is 0 Å². The van der Waals surface area contributed by atoms with Crippen LogP contribution in [0.25, 0.3) is 20.8 Å². The van der Waals surface area contributed by atoms with Gasteiger partial charge in [0, 0.05) is 25.8 Å². The van der Waals surface area contributed by atoms with Crippen molar-refractivity contribution in [3.8, 4) is 10.6 Å². The van der Waals surface area contributed by atoms with Crippen LogP contribution >= 0.6 is 11.3 Å². The van der Waals surface area contributed by atoms with Crippen LogP contribution in [0.15, 0.2) is 12.3 Å². The van der Waals surface area contributed by atoms with Crippen LogP contribution in [0.2, 0.25) is 0 Å². The molecular formula is C24H31N7O4S. The Kier molecular flexibility index (Phi) is 6.77. The van der Waals surface area contributed by atoms with E-state index in [4.69, 9.17) is 20.4 Å². The zero-order valence-corrected chi connectivity index (χ0v) is 21.2. The molecule has 0 aromatic carbocycles. The second kappa shape index (κ2) is 9.85. The number of hydrogen-bond donors (Lipinski definition) is 5. The van der Waals surface area contributed by atoms with Gasteiger partial charge in [-0.3, -0.25) is 9.78 Å². The van der Waals surface area contributed by atoms with Crippen molar-refractivity contribution in [2.24, 2.45) is 11.7 Å². The molecule has 0 spiro atoms. The van der Waals surface area contributed by atoms with Crippen molar-refractivity contribution < 1.29 is 19.7 Å². The van der Waals surface area contributed by atoms with Crippen LogP contribution in [-0.2, 0) is 9.53 Å². The number of aliphatic hydroxyl groups is 2. The molecule has 0 unspecified atom stereocenters. The number of ether oxygens (including phenoxy) is 1. The Bertz CT molecular complexity index is 1280. The molecule has 5 rings (SSSR count). The molecule has 0 saturated heterocycles. The van der Waals surface area contributed by atoms with E-state index in [0.717, 1.165) is 33.8 Å². The summed E-state index contributed by atoms with van der Waals surface area (Å²) in [5.41, 5.74) is 8.76.